The fourth-order valence-corrected chi connectivity index (χ4v) is 3.12. The van der Waals surface area contributed by atoms with Gasteiger partial charge in [0.25, 0.3) is 0 Å². The zero-order chi connectivity index (χ0) is 17.8. The number of rotatable bonds is 4. The highest BCUT2D eigenvalue weighted by molar-refractivity contribution is 5.84. The van der Waals surface area contributed by atoms with E-state index in [2.05, 4.69) is 42.5 Å². The molecule has 0 radical (unpaired) electrons. The minimum absolute atomic E-state index is 0.794. The van der Waals surface area contributed by atoms with E-state index in [1.54, 1.807) is 7.11 Å². The zero-order valence-electron chi connectivity index (χ0n) is 14.6. The molecule has 3 aromatic carbocycles. The molecule has 0 saturated heterocycles. The van der Waals surface area contributed by atoms with Crippen molar-refractivity contribution in [2.75, 3.05) is 7.11 Å². The molecule has 1 heterocycles. The number of benzene rings is 3. The molecule has 0 spiro atoms. The summed E-state index contributed by atoms with van der Waals surface area (Å²) in [5.41, 5.74) is 6.07. The van der Waals surface area contributed by atoms with Crippen LogP contribution in [-0.4, -0.2) is 12.1 Å². The third-order valence-electron chi connectivity index (χ3n) is 4.38. The summed E-state index contributed by atoms with van der Waals surface area (Å²) in [6.07, 6.45) is 0. The highest BCUT2D eigenvalue weighted by Gasteiger charge is 2.17. The van der Waals surface area contributed by atoms with Crippen LogP contribution in [0.3, 0.4) is 0 Å². The van der Waals surface area contributed by atoms with Gasteiger partial charge in [-0.3, -0.25) is 0 Å². The standard InChI is InChI=1S/C24H19NO/c1-26-24-21(18-11-5-2-6-12-18)17-22(19-13-7-3-8-14-19)25-23(24)20-15-9-4-10-16-20/h2-17H,1H3. The molecule has 0 bridgehead atoms. The Balaban J connectivity index is 2.01. The molecule has 0 atom stereocenters. The quantitative estimate of drug-likeness (QED) is 0.449. The lowest BCUT2D eigenvalue weighted by Crippen LogP contribution is -1.97. The lowest BCUT2D eigenvalue weighted by Gasteiger charge is -2.16. The second kappa shape index (κ2) is 7.24. The minimum atomic E-state index is 0.794. The maximum Gasteiger partial charge on any atom is 0.152 e. The molecule has 0 aliphatic carbocycles. The number of ether oxygens (including phenoxy) is 1. The smallest absolute Gasteiger partial charge is 0.152 e. The van der Waals surface area contributed by atoms with E-state index in [4.69, 9.17) is 9.72 Å². The van der Waals surface area contributed by atoms with E-state index in [1.165, 1.54) is 0 Å². The Morgan fingerprint density at radius 1 is 0.615 bits per heavy atom. The third-order valence-corrected chi connectivity index (χ3v) is 4.38. The molecule has 0 fully saturated rings. The Morgan fingerprint density at radius 3 is 1.65 bits per heavy atom. The van der Waals surface area contributed by atoms with E-state index in [-0.39, 0.29) is 0 Å². The summed E-state index contributed by atoms with van der Waals surface area (Å²) < 4.78 is 5.81. The first-order valence-electron chi connectivity index (χ1n) is 8.62. The molecule has 0 aliphatic heterocycles. The van der Waals surface area contributed by atoms with Gasteiger partial charge in [0.05, 0.1) is 12.8 Å². The molecule has 1 aromatic heterocycles. The fourth-order valence-electron chi connectivity index (χ4n) is 3.12. The van der Waals surface area contributed by atoms with E-state index in [1.807, 2.05) is 54.6 Å². The number of pyridine rings is 1. The first-order valence-corrected chi connectivity index (χ1v) is 8.62. The van der Waals surface area contributed by atoms with Crippen LogP contribution in [0.4, 0.5) is 0 Å². The summed E-state index contributed by atoms with van der Waals surface area (Å²) in [4.78, 5) is 4.95. The van der Waals surface area contributed by atoms with Crippen molar-refractivity contribution in [1.29, 1.82) is 0 Å². The SMILES string of the molecule is COc1c(-c2ccccc2)cc(-c2ccccc2)nc1-c1ccccc1. The second-order valence-corrected chi connectivity index (χ2v) is 6.03. The molecule has 4 rings (SSSR count). The van der Waals surface area contributed by atoms with Crippen molar-refractivity contribution in [3.8, 4) is 39.4 Å². The molecule has 126 valence electrons. The van der Waals surface area contributed by atoms with Crippen molar-refractivity contribution < 1.29 is 4.74 Å². The Bertz CT molecular complexity index is 936. The van der Waals surface area contributed by atoms with Crippen LogP contribution in [-0.2, 0) is 0 Å². The van der Waals surface area contributed by atoms with E-state index < -0.39 is 0 Å². The van der Waals surface area contributed by atoms with Crippen molar-refractivity contribution >= 4 is 0 Å². The van der Waals surface area contributed by atoms with Gasteiger partial charge in [-0.1, -0.05) is 91.0 Å². The molecule has 0 unspecified atom stereocenters. The number of aromatic nitrogens is 1. The number of methoxy groups -OCH3 is 1. The van der Waals surface area contributed by atoms with Crippen LogP contribution in [0, 0.1) is 0 Å². The first-order chi connectivity index (χ1) is 12.9. The van der Waals surface area contributed by atoms with E-state index in [0.29, 0.717) is 0 Å². The normalized spacial score (nSPS) is 10.5. The maximum atomic E-state index is 5.81. The summed E-state index contributed by atoms with van der Waals surface area (Å²) in [6, 6.07) is 32.8. The predicted molar refractivity (Wildman–Crippen MR) is 107 cm³/mol. The first kappa shape index (κ1) is 16.1. The monoisotopic (exact) mass is 337 g/mol. The van der Waals surface area contributed by atoms with Gasteiger partial charge >= 0.3 is 0 Å². The van der Waals surface area contributed by atoms with Crippen LogP contribution in [0.25, 0.3) is 33.6 Å². The molecule has 0 aliphatic rings. The van der Waals surface area contributed by atoms with Gasteiger partial charge in [-0.05, 0) is 11.6 Å². The minimum Gasteiger partial charge on any atom is -0.494 e. The van der Waals surface area contributed by atoms with Crippen molar-refractivity contribution in [3.05, 3.63) is 97.1 Å². The van der Waals surface area contributed by atoms with E-state index in [9.17, 15) is 0 Å². The van der Waals surface area contributed by atoms with Gasteiger partial charge in [0.2, 0.25) is 0 Å². The predicted octanol–water partition coefficient (Wildman–Crippen LogP) is 6.09. The van der Waals surface area contributed by atoms with Crippen LogP contribution in [0.2, 0.25) is 0 Å². The highest BCUT2D eigenvalue weighted by Crippen LogP contribution is 2.40. The van der Waals surface area contributed by atoms with Gasteiger partial charge in [0.1, 0.15) is 5.69 Å². The average Bonchev–Trinajstić information content (AvgIpc) is 2.74. The van der Waals surface area contributed by atoms with Gasteiger partial charge in [-0.15, -0.1) is 0 Å². The van der Waals surface area contributed by atoms with Crippen LogP contribution < -0.4 is 4.74 Å². The molecule has 0 amide bonds. The summed E-state index contributed by atoms with van der Waals surface area (Å²) >= 11 is 0. The lowest BCUT2D eigenvalue weighted by molar-refractivity contribution is 0.416. The number of hydrogen-bond donors (Lipinski definition) is 0. The molecule has 2 heteroatoms. The second-order valence-electron chi connectivity index (χ2n) is 6.03. The zero-order valence-corrected chi connectivity index (χ0v) is 14.6. The van der Waals surface area contributed by atoms with Gasteiger partial charge in [0, 0.05) is 16.7 Å². The maximum absolute atomic E-state index is 5.81. The topological polar surface area (TPSA) is 22.1 Å². The lowest BCUT2D eigenvalue weighted by atomic mass is 9.98. The molecular formula is C24H19NO. The van der Waals surface area contributed by atoms with Gasteiger partial charge in [0.15, 0.2) is 5.75 Å². The Kier molecular flexibility index (Phi) is 4.48. The van der Waals surface area contributed by atoms with Crippen LogP contribution in [0.15, 0.2) is 97.1 Å². The highest BCUT2D eigenvalue weighted by atomic mass is 16.5. The van der Waals surface area contributed by atoms with Crippen LogP contribution in [0.1, 0.15) is 0 Å². The third kappa shape index (κ3) is 3.09. The van der Waals surface area contributed by atoms with E-state index in [0.717, 1.165) is 39.4 Å². The van der Waals surface area contributed by atoms with Crippen LogP contribution in [0.5, 0.6) is 5.75 Å². The molecule has 26 heavy (non-hydrogen) atoms. The summed E-state index contributed by atoms with van der Waals surface area (Å²) in [6.45, 7) is 0. The Labute approximate surface area is 153 Å². The van der Waals surface area contributed by atoms with Crippen molar-refractivity contribution in [2.24, 2.45) is 0 Å². The summed E-state index contributed by atoms with van der Waals surface area (Å²) in [5.74, 6) is 0.794. The molecule has 4 aromatic rings. The average molecular weight is 337 g/mol. The van der Waals surface area contributed by atoms with Crippen LogP contribution >= 0.6 is 0 Å². The molecule has 0 N–H and O–H groups in total. The Morgan fingerprint density at radius 2 is 1.12 bits per heavy atom. The van der Waals surface area contributed by atoms with Gasteiger partial charge < -0.3 is 4.74 Å². The Hall–Kier alpha value is -3.39. The molecule has 0 saturated carbocycles. The van der Waals surface area contributed by atoms with Crippen molar-refractivity contribution in [3.63, 3.8) is 0 Å². The summed E-state index contributed by atoms with van der Waals surface area (Å²) in [7, 11) is 1.71. The summed E-state index contributed by atoms with van der Waals surface area (Å²) in [5, 5.41) is 0. The van der Waals surface area contributed by atoms with E-state index >= 15 is 0 Å². The molecule has 2 nitrogen and oxygen atoms in total. The van der Waals surface area contributed by atoms with Gasteiger partial charge in [-0.25, -0.2) is 4.98 Å². The largest absolute Gasteiger partial charge is 0.494 e. The number of nitrogens with zero attached hydrogens (tertiary/aromatic N) is 1. The van der Waals surface area contributed by atoms with Crippen molar-refractivity contribution in [1.82, 2.24) is 4.98 Å². The van der Waals surface area contributed by atoms with Crippen molar-refractivity contribution in [2.45, 2.75) is 0 Å². The molecular weight excluding hydrogens is 318 g/mol. The number of hydrogen-bond acceptors (Lipinski definition) is 2. The fraction of sp³-hybridized carbons (Fsp3) is 0.0417. The van der Waals surface area contributed by atoms with Gasteiger partial charge in [-0.2, -0.15) is 0 Å².